The molecule has 2 heterocycles. The maximum absolute atomic E-state index is 4.62. The van der Waals surface area contributed by atoms with Crippen LogP contribution in [0.15, 0.2) is 17.1 Å². The first-order valence-electron chi connectivity index (χ1n) is 5.62. The van der Waals surface area contributed by atoms with Gasteiger partial charge in [-0.1, -0.05) is 18.7 Å². The molecular formula is C12H18N2S2. The lowest BCUT2D eigenvalue weighted by Gasteiger charge is -2.15. The first-order valence-corrected chi connectivity index (χ1v) is 7.42. The monoisotopic (exact) mass is 254 g/mol. The molecule has 1 aromatic heterocycles. The molecule has 0 aliphatic carbocycles. The van der Waals surface area contributed by atoms with E-state index in [-0.39, 0.29) is 5.54 Å². The van der Waals surface area contributed by atoms with Crippen LogP contribution in [0.1, 0.15) is 30.5 Å². The molecule has 1 fully saturated rings. The third kappa shape index (κ3) is 3.01. The number of nitrogens with one attached hydrogen (secondary N) is 1. The van der Waals surface area contributed by atoms with Gasteiger partial charge in [0.2, 0.25) is 0 Å². The van der Waals surface area contributed by atoms with Crippen molar-refractivity contribution in [1.82, 2.24) is 5.32 Å². The van der Waals surface area contributed by atoms with Crippen molar-refractivity contribution in [3.8, 4) is 0 Å². The Morgan fingerprint density at radius 2 is 2.12 bits per heavy atom. The molecule has 0 aromatic carbocycles. The fraction of sp³-hybridized carbons (Fsp3) is 0.583. The normalized spacial score (nSPS) is 21.3. The van der Waals surface area contributed by atoms with E-state index in [2.05, 4.69) is 43.2 Å². The molecule has 88 valence electrons. The summed E-state index contributed by atoms with van der Waals surface area (Å²) in [5.74, 6) is 1.11. The fourth-order valence-electron chi connectivity index (χ4n) is 1.54. The van der Waals surface area contributed by atoms with Crippen molar-refractivity contribution in [1.29, 1.82) is 0 Å². The van der Waals surface area contributed by atoms with Gasteiger partial charge in [0.05, 0.1) is 6.54 Å². The standard InChI is InChI=1S/C12H18N2S2/c1-4-9-5-6-10(16-9)7-13-11-14-12(2,3)8-15-11/h5-6H,4,7-8H2,1-3H3,(H,13,14). The van der Waals surface area contributed by atoms with Crippen LogP contribution in [-0.2, 0) is 13.0 Å². The van der Waals surface area contributed by atoms with E-state index in [1.165, 1.54) is 9.75 Å². The number of aryl methyl sites for hydroxylation is 1. The van der Waals surface area contributed by atoms with Gasteiger partial charge in [-0.25, -0.2) is 0 Å². The van der Waals surface area contributed by atoms with Crippen LogP contribution >= 0.6 is 23.1 Å². The Labute approximate surface area is 106 Å². The summed E-state index contributed by atoms with van der Waals surface area (Å²) in [6.45, 7) is 7.43. The second-order valence-corrected chi connectivity index (χ2v) is 6.86. The minimum Gasteiger partial charge on any atom is -0.359 e. The summed E-state index contributed by atoms with van der Waals surface area (Å²) in [7, 11) is 0. The Bertz CT molecular complexity index is 393. The van der Waals surface area contributed by atoms with E-state index in [4.69, 9.17) is 0 Å². The molecule has 0 saturated carbocycles. The van der Waals surface area contributed by atoms with Crippen molar-refractivity contribution in [3.05, 3.63) is 21.9 Å². The minimum atomic E-state index is 0.202. The Kier molecular flexibility index (Phi) is 3.60. The van der Waals surface area contributed by atoms with E-state index in [1.54, 1.807) is 0 Å². The summed E-state index contributed by atoms with van der Waals surface area (Å²) in [5, 5.41) is 4.53. The average molecular weight is 254 g/mol. The number of thiophene rings is 1. The van der Waals surface area contributed by atoms with Crippen molar-refractivity contribution in [2.45, 2.75) is 39.3 Å². The third-order valence-corrected chi connectivity index (χ3v) is 5.04. The molecule has 1 N–H and O–H groups in total. The highest BCUT2D eigenvalue weighted by Crippen LogP contribution is 2.23. The largest absolute Gasteiger partial charge is 0.359 e. The van der Waals surface area contributed by atoms with Crippen LogP contribution in [0.4, 0.5) is 0 Å². The molecule has 0 spiro atoms. The number of hydrogen-bond donors (Lipinski definition) is 1. The Morgan fingerprint density at radius 3 is 2.69 bits per heavy atom. The van der Waals surface area contributed by atoms with Crippen LogP contribution in [0.5, 0.6) is 0 Å². The van der Waals surface area contributed by atoms with Gasteiger partial charge in [0.25, 0.3) is 0 Å². The van der Waals surface area contributed by atoms with Gasteiger partial charge >= 0.3 is 0 Å². The minimum absolute atomic E-state index is 0.202. The van der Waals surface area contributed by atoms with Gasteiger partial charge in [-0.3, -0.25) is 4.99 Å². The van der Waals surface area contributed by atoms with E-state index >= 15 is 0 Å². The van der Waals surface area contributed by atoms with E-state index < -0.39 is 0 Å². The molecular weight excluding hydrogens is 236 g/mol. The zero-order valence-electron chi connectivity index (χ0n) is 10.0. The number of amidine groups is 1. The van der Waals surface area contributed by atoms with Gasteiger partial charge in [0, 0.05) is 21.0 Å². The van der Waals surface area contributed by atoms with Crippen molar-refractivity contribution in [3.63, 3.8) is 0 Å². The van der Waals surface area contributed by atoms with Crippen LogP contribution in [-0.4, -0.2) is 16.5 Å². The SMILES string of the molecule is CCc1ccc(CN=C2NC(C)(C)CS2)s1. The van der Waals surface area contributed by atoms with Crippen LogP contribution in [0.2, 0.25) is 0 Å². The van der Waals surface area contributed by atoms with Gasteiger partial charge in [0.1, 0.15) is 0 Å². The lowest BCUT2D eigenvalue weighted by Crippen LogP contribution is -2.36. The van der Waals surface area contributed by atoms with Crippen LogP contribution < -0.4 is 5.32 Å². The molecule has 1 aromatic rings. The molecule has 1 aliphatic rings. The molecule has 0 atom stereocenters. The summed E-state index contributed by atoms with van der Waals surface area (Å²) in [5.41, 5.74) is 0.202. The first kappa shape index (κ1) is 12.0. The van der Waals surface area contributed by atoms with Crippen molar-refractivity contribution >= 4 is 28.3 Å². The predicted octanol–water partition coefficient (Wildman–Crippen LogP) is 3.28. The zero-order chi connectivity index (χ0) is 11.6. The van der Waals surface area contributed by atoms with E-state index in [1.807, 2.05) is 23.1 Å². The quantitative estimate of drug-likeness (QED) is 0.895. The third-order valence-electron chi connectivity index (χ3n) is 2.46. The van der Waals surface area contributed by atoms with Gasteiger partial charge in [-0.15, -0.1) is 11.3 Å². The Hall–Kier alpha value is -0.480. The molecule has 1 aliphatic heterocycles. The molecule has 2 rings (SSSR count). The topological polar surface area (TPSA) is 24.4 Å². The van der Waals surface area contributed by atoms with E-state index in [0.29, 0.717) is 0 Å². The van der Waals surface area contributed by atoms with Gasteiger partial charge in [-0.2, -0.15) is 0 Å². The number of thioether (sulfide) groups is 1. The number of rotatable bonds is 3. The van der Waals surface area contributed by atoms with Gasteiger partial charge < -0.3 is 5.32 Å². The number of nitrogens with zero attached hydrogens (tertiary/aromatic N) is 1. The second-order valence-electron chi connectivity index (χ2n) is 4.64. The molecule has 1 saturated heterocycles. The lowest BCUT2D eigenvalue weighted by atomic mass is 10.1. The molecule has 0 radical (unpaired) electrons. The van der Waals surface area contributed by atoms with E-state index in [0.717, 1.165) is 23.9 Å². The summed E-state index contributed by atoms with van der Waals surface area (Å²) >= 11 is 3.70. The number of aliphatic imine (C=N–C) groups is 1. The molecule has 0 bridgehead atoms. The predicted molar refractivity (Wildman–Crippen MR) is 74.5 cm³/mol. The maximum atomic E-state index is 4.62. The highest BCUT2D eigenvalue weighted by atomic mass is 32.2. The second kappa shape index (κ2) is 4.80. The summed E-state index contributed by atoms with van der Waals surface area (Å²) < 4.78 is 0. The highest BCUT2D eigenvalue weighted by Gasteiger charge is 2.26. The van der Waals surface area contributed by atoms with E-state index in [9.17, 15) is 0 Å². The molecule has 16 heavy (non-hydrogen) atoms. The van der Waals surface area contributed by atoms with Crippen LogP contribution in [0.3, 0.4) is 0 Å². The number of hydrogen-bond acceptors (Lipinski definition) is 3. The fourth-order valence-corrected chi connectivity index (χ4v) is 3.50. The van der Waals surface area contributed by atoms with Crippen LogP contribution in [0.25, 0.3) is 0 Å². The van der Waals surface area contributed by atoms with Crippen molar-refractivity contribution in [2.24, 2.45) is 4.99 Å². The summed E-state index contributed by atoms with van der Waals surface area (Å²) in [6, 6.07) is 4.40. The molecule has 0 amide bonds. The van der Waals surface area contributed by atoms with Gasteiger partial charge in [-0.05, 0) is 32.4 Å². The zero-order valence-corrected chi connectivity index (χ0v) is 11.7. The summed E-state index contributed by atoms with van der Waals surface area (Å²) in [4.78, 5) is 7.42. The van der Waals surface area contributed by atoms with Gasteiger partial charge in [0.15, 0.2) is 5.17 Å². The van der Waals surface area contributed by atoms with Crippen molar-refractivity contribution < 1.29 is 0 Å². The summed E-state index contributed by atoms with van der Waals surface area (Å²) in [6.07, 6.45) is 1.13. The van der Waals surface area contributed by atoms with Crippen LogP contribution in [0, 0.1) is 0 Å². The smallest absolute Gasteiger partial charge is 0.157 e. The first-order chi connectivity index (χ1) is 7.59. The van der Waals surface area contributed by atoms with Crippen molar-refractivity contribution in [2.75, 3.05) is 5.75 Å². The lowest BCUT2D eigenvalue weighted by molar-refractivity contribution is 0.536. The molecule has 4 heteroatoms. The Balaban J connectivity index is 1.94. The Morgan fingerprint density at radius 1 is 1.38 bits per heavy atom. The molecule has 2 nitrogen and oxygen atoms in total. The highest BCUT2D eigenvalue weighted by molar-refractivity contribution is 8.14. The maximum Gasteiger partial charge on any atom is 0.157 e. The molecule has 0 unspecified atom stereocenters. The average Bonchev–Trinajstić information content (AvgIpc) is 2.81.